The standard InChI is InChI=1S/C34H23N5/c1-22-11-10-12-23(21-22)32-35-33(38-28-17-6-2-13-24(28)25-14-3-7-18-29(25)38)37-34(36-32)39-30-19-8-4-15-26(30)27-16-5-9-20-31(27)39/h2-21H,1H3. The third-order valence-corrected chi connectivity index (χ3v) is 7.45. The van der Waals surface area contributed by atoms with Crippen LogP contribution < -0.4 is 0 Å². The summed E-state index contributed by atoms with van der Waals surface area (Å²) >= 11 is 0. The molecule has 8 aromatic rings. The smallest absolute Gasteiger partial charge is 0.240 e. The zero-order valence-corrected chi connectivity index (χ0v) is 21.3. The lowest BCUT2D eigenvalue weighted by atomic mass is 10.1. The lowest BCUT2D eigenvalue weighted by Gasteiger charge is -2.12. The SMILES string of the molecule is Cc1cccc(-c2nc(-n3c4ccccc4c4ccccc43)nc(-n3c4ccccc4c4ccccc43)n2)c1. The third-order valence-electron chi connectivity index (χ3n) is 7.45. The molecular weight excluding hydrogens is 478 g/mol. The second-order valence-corrected chi connectivity index (χ2v) is 9.87. The van der Waals surface area contributed by atoms with E-state index in [0.29, 0.717) is 17.7 Å². The minimum absolute atomic E-state index is 0.593. The maximum atomic E-state index is 5.17. The summed E-state index contributed by atoms with van der Waals surface area (Å²) in [5.41, 5.74) is 6.37. The highest BCUT2D eigenvalue weighted by molar-refractivity contribution is 6.10. The summed E-state index contributed by atoms with van der Waals surface area (Å²) in [4.78, 5) is 15.3. The van der Waals surface area contributed by atoms with Crippen LogP contribution >= 0.6 is 0 Å². The van der Waals surface area contributed by atoms with Crippen molar-refractivity contribution in [3.8, 4) is 23.3 Å². The van der Waals surface area contributed by atoms with Gasteiger partial charge in [0.1, 0.15) is 0 Å². The van der Waals surface area contributed by atoms with Gasteiger partial charge in [0.25, 0.3) is 0 Å². The van der Waals surface area contributed by atoms with Crippen LogP contribution in [0.1, 0.15) is 5.56 Å². The van der Waals surface area contributed by atoms with Crippen LogP contribution in [0.5, 0.6) is 0 Å². The normalized spacial score (nSPS) is 11.7. The van der Waals surface area contributed by atoms with Crippen LogP contribution in [0.2, 0.25) is 0 Å². The van der Waals surface area contributed by atoms with E-state index in [9.17, 15) is 0 Å². The molecule has 0 aliphatic carbocycles. The number of rotatable bonds is 3. The predicted octanol–water partition coefficient (Wildman–Crippen LogP) is 8.04. The van der Waals surface area contributed by atoms with Crippen molar-refractivity contribution in [2.45, 2.75) is 6.92 Å². The average molecular weight is 502 g/mol. The Kier molecular flexibility index (Phi) is 4.67. The Balaban J connectivity index is 1.51. The molecule has 5 nitrogen and oxygen atoms in total. The van der Waals surface area contributed by atoms with Crippen LogP contribution in [0.25, 0.3) is 66.9 Å². The quantitative estimate of drug-likeness (QED) is 0.246. The summed E-state index contributed by atoms with van der Waals surface area (Å²) in [7, 11) is 0. The maximum absolute atomic E-state index is 5.17. The summed E-state index contributed by atoms with van der Waals surface area (Å²) < 4.78 is 4.31. The summed E-state index contributed by atoms with van der Waals surface area (Å²) in [5.74, 6) is 1.83. The number of nitrogens with zero attached hydrogens (tertiary/aromatic N) is 5. The molecule has 0 aliphatic heterocycles. The Morgan fingerprint density at radius 2 is 0.846 bits per heavy atom. The van der Waals surface area contributed by atoms with E-state index in [0.717, 1.165) is 33.2 Å². The Hall–Kier alpha value is -5.29. The van der Waals surface area contributed by atoms with Gasteiger partial charge in [0.15, 0.2) is 5.82 Å². The summed E-state index contributed by atoms with van der Waals surface area (Å²) in [6, 6.07) is 42.0. The fourth-order valence-corrected chi connectivity index (χ4v) is 5.74. The van der Waals surface area contributed by atoms with E-state index < -0.39 is 0 Å². The van der Waals surface area contributed by atoms with Crippen molar-refractivity contribution in [3.63, 3.8) is 0 Å². The zero-order chi connectivity index (χ0) is 25.9. The lowest BCUT2D eigenvalue weighted by Crippen LogP contribution is -2.10. The molecule has 0 spiro atoms. The van der Waals surface area contributed by atoms with E-state index in [-0.39, 0.29) is 0 Å². The number of hydrogen-bond donors (Lipinski definition) is 0. The minimum Gasteiger partial charge on any atom is -0.278 e. The molecule has 0 saturated carbocycles. The van der Waals surface area contributed by atoms with Crippen LogP contribution in [0, 0.1) is 6.92 Å². The Labute approximate surface area is 224 Å². The van der Waals surface area contributed by atoms with Gasteiger partial charge in [0, 0.05) is 27.1 Å². The van der Waals surface area contributed by atoms with Crippen LogP contribution in [0.4, 0.5) is 0 Å². The highest BCUT2D eigenvalue weighted by atomic mass is 15.3. The number of aryl methyl sites for hydroxylation is 1. The van der Waals surface area contributed by atoms with Crippen molar-refractivity contribution < 1.29 is 0 Å². The first kappa shape index (κ1) is 21.8. The van der Waals surface area contributed by atoms with Crippen molar-refractivity contribution in [2.24, 2.45) is 0 Å². The van der Waals surface area contributed by atoms with E-state index in [4.69, 9.17) is 15.0 Å². The molecule has 3 heterocycles. The fourth-order valence-electron chi connectivity index (χ4n) is 5.74. The van der Waals surface area contributed by atoms with Crippen LogP contribution in [0.3, 0.4) is 0 Å². The number of aromatic nitrogens is 5. The van der Waals surface area contributed by atoms with Crippen molar-refractivity contribution in [3.05, 3.63) is 127 Å². The Morgan fingerprint density at radius 1 is 0.436 bits per heavy atom. The van der Waals surface area contributed by atoms with Gasteiger partial charge in [-0.1, -0.05) is 96.6 Å². The van der Waals surface area contributed by atoms with E-state index >= 15 is 0 Å². The number of fused-ring (bicyclic) bond motifs is 6. The average Bonchev–Trinajstić information content (AvgIpc) is 3.50. The van der Waals surface area contributed by atoms with Crippen LogP contribution in [-0.2, 0) is 0 Å². The number of para-hydroxylation sites is 4. The second kappa shape index (κ2) is 8.36. The van der Waals surface area contributed by atoms with Gasteiger partial charge in [-0.05, 0) is 37.3 Å². The van der Waals surface area contributed by atoms with Crippen molar-refractivity contribution in [2.75, 3.05) is 0 Å². The first-order chi connectivity index (χ1) is 19.3. The van der Waals surface area contributed by atoms with Crippen LogP contribution in [0.15, 0.2) is 121 Å². The Bertz CT molecular complexity index is 1960. The van der Waals surface area contributed by atoms with Gasteiger partial charge in [-0.3, -0.25) is 9.13 Å². The van der Waals surface area contributed by atoms with Gasteiger partial charge < -0.3 is 0 Å². The first-order valence-corrected chi connectivity index (χ1v) is 13.1. The molecule has 0 N–H and O–H groups in total. The largest absolute Gasteiger partial charge is 0.278 e. The molecule has 0 unspecified atom stereocenters. The molecule has 0 bridgehead atoms. The molecule has 5 heteroatoms. The summed E-state index contributed by atoms with van der Waals surface area (Å²) in [6.45, 7) is 2.09. The molecule has 0 fully saturated rings. The van der Waals surface area contributed by atoms with Gasteiger partial charge in [0.2, 0.25) is 11.9 Å². The highest BCUT2D eigenvalue weighted by Crippen LogP contribution is 2.34. The molecule has 5 aromatic carbocycles. The molecule has 0 aliphatic rings. The molecule has 0 saturated heterocycles. The molecule has 0 amide bonds. The van der Waals surface area contributed by atoms with Crippen LogP contribution in [-0.4, -0.2) is 24.1 Å². The van der Waals surface area contributed by atoms with Crippen molar-refractivity contribution >= 4 is 43.6 Å². The van der Waals surface area contributed by atoms with Gasteiger partial charge in [-0.2, -0.15) is 15.0 Å². The van der Waals surface area contributed by atoms with Gasteiger partial charge in [0.05, 0.1) is 22.1 Å². The lowest BCUT2D eigenvalue weighted by molar-refractivity contribution is 0.892. The molecule has 8 rings (SSSR count). The highest BCUT2D eigenvalue weighted by Gasteiger charge is 2.20. The summed E-state index contributed by atoms with van der Waals surface area (Å²) in [6.07, 6.45) is 0. The molecule has 0 atom stereocenters. The summed E-state index contributed by atoms with van der Waals surface area (Å²) in [5, 5.41) is 4.68. The molecule has 184 valence electrons. The van der Waals surface area contributed by atoms with Gasteiger partial charge in [-0.15, -0.1) is 0 Å². The molecule has 0 radical (unpaired) electrons. The van der Waals surface area contributed by atoms with E-state index in [1.165, 1.54) is 21.5 Å². The monoisotopic (exact) mass is 501 g/mol. The van der Waals surface area contributed by atoms with Crippen molar-refractivity contribution in [1.29, 1.82) is 0 Å². The minimum atomic E-state index is 0.593. The van der Waals surface area contributed by atoms with Gasteiger partial charge >= 0.3 is 0 Å². The van der Waals surface area contributed by atoms with Crippen molar-refractivity contribution in [1.82, 2.24) is 24.1 Å². The molecular formula is C34H23N5. The topological polar surface area (TPSA) is 48.5 Å². The first-order valence-electron chi connectivity index (χ1n) is 13.1. The predicted molar refractivity (Wildman–Crippen MR) is 159 cm³/mol. The maximum Gasteiger partial charge on any atom is 0.240 e. The second-order valence-electron chi connectivity index (χ2n) is 9.87. The Morgan fingerprint density at radius 3 is 1.26 bits per heavy atom. The van der Waals surface area contributed by atoms with E-state index in [1.807, 2.05) is 0 Å². The zero-order valence-electron chi connectivity index (χ0n) is 21.3. The molecule has 39 heavy (non-hydrogen) atoms. The van der Waals surface area contributed by atoms with E-state index in [2.05, 4.69) is 137 Å². The number of benzene rings is 5. The van der Waals surface area contributed by atoms with Gasteiger partial charge in [-0.25, -0.2) is 0 Å². The number of hydrogen-bond acceptors (Lipinski definition) is 3. The van der Waals surface area contributed by atoms with E-state index in [1.54, 1.807) is 0 Å². The fraction of sp³-hybridized carbons (Fsp3) is 0.0294. The third kappa shape index (κ3) is 3.30. The molecule has 3 aromatic heterocycles.